The van der Waals surface area contributed by atoms with E-state index in [2.05, 4.69) is 44.3 Å². The molecule has 1 amide bonds. The van der Waals surface area contributed by atoms with E-state index in [0.29, 0.717) is 19.0 Å². The van der Waals surface area contributed by atoms with Crippen molar-refractivity contribution >= 4 is 23.1 Å². The van der Waals surface area contributed by atoms with Gasteiger partial charge in [-0.25, -0.2) is 14.8 Å². The first kappa shape index (κ1) is 22.9. The summed E-state index contributed by atoms with van der Waals surface area (Å²) in [5, 5.41) is 17.0. The number of aromatic nitrogens is 4. The standard InChI is InChI=1S/C27H33N7O3/c1-37-25(36)33-16-26(7-8-26)34(27(17-33)9-10-27)24-28-14-21-23(29-24)22(31-30-21)19-4-2-18(3-5-19)20-6-11-32(15-20)12-13-35/h2-5,14,20,35H,6-13,15-17H2,1H3,(H,30,31). The van der Waals surface area contributed by atoms with E-state index in [4.69, 9.17) is 14.7 Å². The second kappa shape index (κ2) is 8.39. The number of H-pyrrole nitrogens is 1. The molecule has 10 heteroatoms. The predicted octanol–water partition coefficient (Wildman–Crippen LogP) is 2.76. The molecule has 2 saturated carbocycles. The van der Waals surface area contributed by atoms with Gasteiger partial charge in [0.1, 0.15) is 16.7 Å². The third-order valence-corrected chi connectivity index (χ3v) is 8.84. The van der Waals surface area contributed by atoms with E-state index in [1.807, 2.05) is 11.1 Å². The molecule has 0 bridgehead atoms. The number of anilines is 1. The van der Waals surface area contributed by atoms with Gasteiger partial charge in [0.25, 0.3) is 0 Å². The molecule has 4 fully saturated rings. The number of ether oxygens (including phenoxy) is 1. The average molecular weight is 504 g/mol. The Bertz CT molecular complexity index is 1310. The molecule has 1 unspecified atom stereocenters. The van der Waals surface area contributed by atoms with Crippen LogP contribution in [-0.2, 0) is 4.74 Å². The zero-order chi connectivity index (χ0) is 25.2. The number of β-amino-alcohol motifs (C(OH)–C–C–N with tert-alkyl or cyclic N) is 1. The molecule has 2 aliphatic heterocycles. The lowest BCUT2D eigenvalue weighted by Gasteiger charge is -2.48. The van der Waals surface area contributed by atoms with Crippen LogP contribution in [0.2, 0.25) is 0 Å². The summed E-state index contributed by atoms with van der Waals surface area (Å²) in [6, 6.07) is 8.69. The fourth-order valence-corrected chi connectivity index (χ4v) is 6.62. The molecule has 10 nitrogen and oxygen atoms in total. The predicted molar refractivity (Wildman–Crippen MR) is 138 cm³/mol. The van der Waals surface area contributed by atoms with Gasteiger partial charge in [-0.1, -0.05) is 24.3 Å². The molecule has 1 aromatic carbocycles. The summed E-state index contributed by atoms with van der Waals surface area (Å²) < 4.78 is 5.05. The number of methoxy groups -OCH3 is 1. The van der Waals surface area contributed by atoms with E-state index in [1.165, 1.54) is 12.7 Å². The highest BCUT2D eigenvalue weighted by Crippen LogP contribution is 2.58. The Balaban J connectivity index is 1.18. The van der Waals surface area contributed by atoms with Gasteiger partial charge < -0.3 is 24.5 Å². The van der Waals surface area contributed by atoms with Crippen molar-refractivity contribution in [3.8, 4) is 11.3 Å². The number of hydrogen-bond acceptors (Lipinski definition) is 8. The molecule has 4 heterocycles. The third kappa shape index (κ3) is 3.76. The Morgan fingerprint density at radius 2 is 1.89 bits per heavy atom. The number of rotatable bonds is 5. The van der Waals surface area contributed by atoms with Crippen LogP contribution >= 0.6 is 0 Å². The number of nitrogens with zero attached hydrogens (tertiary/aromatic N) is 6. The first-order chi connectivity index (χ1) is 18.0. The molecule has 7 rings (SSSR count). The van der Waals surface area contributed by atoms with E-state index in [1.54, 1.807) is 0 Å². The Labute approximate surface area is 215 Å². The van der Waals surface area contributed by atoms with Crippen molar-refractivity contribution in [2.75, 3.05) is 51.3 Å². The van der Waals surface area contributed by atoms with Gasteiger partial charge in [0, 0.05) is 31.7 Å². The zero-order valence-electron chi connectivity index (χ0n) is 21.2. The number of carbonyl (C=O) groups is 1. The highest BCUT2D eigenvalue weighted by molar-refractivity contribution is 5.90. The third-order valence-electron chi connectivity index (χ3n) is 8.84. The van der Waals surface area contributed by atoms with Crippen LogP contribution in [0.25, 0.3) is 22.3 Å². The summed E-state index contributed by atoms with van der Waals surface area (Å²) in [6.07, 6.45) is 6.83. The number of likely N-dealkylation sites (tertiary alicyclic amines) is 1. The molecule has 3 aromatic rings. The van der Waals surface area contributed by atoms with Gasteiger partial charge in [-0.15, -0.1) is 0 Å². The van der Waals surface area contributed by atoms with Gasteiger partial charge in [0.2, 0.25) is 5.95 Å². The minimum absolute atomic E-state index is 0.104. The van der Waals surface area contributed by atoms with Crippen molar-refractivity contribution in [2.24, 2.45) is 0 Å². The Kier molecular flexibility index (Phi) is 5.20. The smallest absolute Gasteiger partial charge is 0.409 e. The fourth-order valence-electron chi connectivity index (χ4n) is 6.62. The van der Waals surface area contributed by atoms with Crippen molar-refractivity contribution in [3.05, 3.63) is 36.0 Å². The summed E-state index contributed by atoms with van der Waals surface area (Å²) in [7, 11) is 1.46. The van der Waals surface area contributed by atoms with Crippen molar-refractivity contribution in [1.29, 1.82) is 0 Å². The van der Waals surface area contributed by atoms with Gasteiger partial charge in [-0.05, 0) is 50.1 Å². The number of aliphatic hydroxyl groups excluding tert-OH is 1. The van der Waals surface area contributed by atoms with Crippen molar-refractivity contribution < 1.29 is 14.6 Å². The van der Waals surface area contributed by atoms with Crippen LogP contribution in [0.5, 0.6) is 0 Å². The van der Waals surface area contributed by atoms with Crippen LogP contribution in [0, 0.1) is 0 Å². The van der Waals surface area contributed by atoms with Crippen LogP contribution < -0.4 is 4.90 Å². The first-order valence-electron chi connectivity index (χ1n) is 13.3. The van der Waals surface area contributed by atoms with Gasteiger partial charge in [-0.3, -0.25) is 5.10 Å². The summed E-state index contributed by atoms with van der Waals surface area (Å²) >= 11 is 0. The summed E-state index contributed by atoms with van der Waals surface area (Å²) in [5.41, 5.74) is 4.63. The number of hydrogen-bond donors (Lipinski definition) is 2. The number of aliphatic hydroxyl groups is 1. The SMILES string of the molecule is COC(=O)N1CC2(CC2)N(c2ncc3[nH]nc(-c4ccc(C5CCN(CCO)C5)cc4)c3n2)C2(CC2)C1. The lowest BCUT2D eigenvalue weighted by molar-refractivity contribution is 0.0999. The second-order valence-electron chi connectivity index (χ2n) is 11.2. The Morgan fingerprint density at radius 3 is 2.54 bits per heavy atom. The maximum Gasteiger partial charge on any atom is 0.409 e. The number of benzene rings is 1. The van der Waals surface area contributed by atoms with E-state index in [0.717, 1.165) is 80.0 Å². The van der Waals surface area contributed by atoms with Gasteiger partial charge in [0.15, 0.2) is 0 Å². The highest BCUT2D eigenvalue weighted by atomic mass is 16.5. The number of aromatic amines is 1. The quantitative estimate of drug-likeness (QED) is 0.547. The summed E-state index contributed by atoms with van der Waals surface area (Å²) in [4.78, 5) is 28.8. The van der Waals surface area contributed by atoms with Gasteiger partial charge in [0.05, 0.1) is 31.0 Å². The number of amides is 1. The van der Waals surface area contributed by atoms with E-state index < -0.39 is 0 Å². The van der Waals surface area contributed by atoms with E-state index >= 15 is 0 Å². The van der Waals surface area contributed by atoms with Crippen LogP contribution in [0.4, 0.5) is 10.7 Å². The number of nitrogens with one attached hydrogen (secondary N) is 1. The van der Waals surface area contributed by atoms with Gasteiger partial charge in [-0.2, -0.15) is 5.10 Å². The minimum Gasteiger partial charge on any atom is -0.453 e. The lowest BCUT2D eigenvalue weighted by Crippen LogP contribution is -2.63. The molecule has 2 aliphatic carbocycles. The maximum atomic E-state index is 12.4. The normalized spacial score (nSPS) is 23.8. The van der Waals surface area contributed by atoms with Crippen LogP contribution in [0.15, 0.2) is 30.5 Å². The van der Waals surface area contributed by atoms with Crippen LogP contribution in [0.1, 0.15) is 43.6 Å². The second-order valence-corrected chi connectivity index (χ2v) is 11.2. The number of fused-ring (bicyclic) bond motifs is 1. The lowest BCUT2D eigenvalue weighted by atomic mass is 9.96. The molecule has 194 valence electrons. The average Bonchev–Trinajstić information content (AvgIpc) is 3.74. The molecule has 0 radical (unpaired) electrons. The fraction of sp³-hybridized carbons (Fsp3) is 0.556. The van der Waals surface area contributed by atoms with E-state index in [-0.39, 0.29) is 23.8 Å². The largest absolute Gasteiger partial charge is 0.453 e. The zero-order valence-corrected chi connectivity index (χ0v) is 21.2. The van der Waals surface area contributed by atoms with Crippen LogP contribution in [0.3, 0.4) is 0 Å². The molecule has 2 aromatic heterocycles. The highest BCUT2D eigenvalue weighted by Gasteiger charge is 2.66. The number of piperazine rings is 1. The van der Waals surface area contributed by atoms with Crippen molar-refractivity contribution in [1.82, 2.24) is 30.0 Å². The van der Waals surface area contributed by atoms with E-state index in [9.17, 15) is 9.90 Å². The summed E-state index contributed by atoms with van der Waals surface area (Å²) in [6.45, 7) is 4.29. The molecule has 2 saturated heterocycles. The van der Waals surface area contributed by atoms with Gasteiger partial charge >= 0.3 is 6.09 Å². The first-order valence-corrected chi connectivity index (χ1v) is 13.3. The topological polar surface area (TPSA) is 111 Å². The molecule has 1 atom stereocenters. The molecule has 2 spiro atoms. The van der Waals surface area contributed by atoms with Crippen LogP contribution in [-0.4, -0.2) is 98.7 Å². The minimum atomic E-state index is -0.243. The molecule has 37 heavy (non-hydrogen) atoms. The molecule has 4 aliphatic rings. The number of carbonyl (C=O) groups excluding carboxylic acids is 1. The summed E-state index contributed by atoms with van der Waals surface area (Å²) in [5.74, 6) is 1.24. The molecule has 2 N–H and O–H groups in total. The molecular weight excluding hydrogens is 470 g/mol. The monoisotopic (exact) mass is 503 g/mol. The molecular formula is C27H33N7O3. The Hall–Kier alpha value is -3.24. The maximum absolute atomic E-state index is 12.4. The van der Waals surface area contributed by atoms with Crippen molar-refractivity contribution in [2.45, 2.75) is 49.1 Å². The van der Waals surface area contributed by atoms with Crippen molar-refractivity contribution in [3.63, 3.8) is 0 Å². The Morgan fingerprint density at radius 1 is 1.16 bits per heavy atom.